The summed E-state index contributed by atoms with van der Waals surface area (Å²) in [6.45, 7) is 6.66. The molecule has 0 radical (unpaired) electrons. The number of aliphatic hydroxyl groups excluding tert-OH is 2. The van der Waals surface area contributed by atoms with Crippen molar-refractivity contribution in [3.8, 4) is 0 Å². The standard InChI is InChI=1S/C30H49F2NO3/c1-18-7-4-5-9-23(18)33-26(36)10-6-8-19-11-12-21-27-22(13-14-28(19,21)2)29(3)17-30(31,32)25(35)16-20(29)15-24(27)34/h18-25,27,34-35H,4-17H2,1-3H3,(H,33,36). The van der Waals surface area contributed by atoms with Crippen molar-refractivity contribution in [1.29, 1.82) is 0 Å². The molecule has 5 saturated carbocycles. The van der Waals surface area contributed by atoms with Gasteiger partial charge < -0.3 is 15.5 Å². The van der Waals surface area contributed by atoms with Crippen LogP contribution < -0.4 is 5.32 Å². The maximum absolute atomic E-state index is 14.7. The number of hydrogen-bond donors (Lipinski definition) is 3. The minimum atomic E-state index is -3.03. The van der Waals surface area contributed by atoms with E-state index in [-0.39, 0.29) is 41.9 Å². The average Bonchev–Trinajstić information content (AvgIpc) is 3.13. The van der Waals surface area contributed by atoms with Gasteiger partial charge in [-0.3, -0.25) is 4.79 Å². The number of halogens is 2. The van der Waals surface area contributed by atoms with Gasteiger partial charge >= 0.3 is 0 Å². The van der Waals surface area contributed by atoms with E-state index in [1.807, 2.05) is 6.92 Å². The molecular formula is C30H49F2NO3. The highest BCUT2D eigenvalue weighted by atomic mass is 19.3. The number of aliphatic hydroxyl groups is 2. The van der Waals surface area contributed by atoms with Gasteiger partial charge in [-0.2, -0.15) is 0 Å². The van der Waals surface area contributed by atoms with Gasteiger partial charge in [0.2, 0.25) is 5.91 Å². The van der Waals surface area contributed by atoms with E-state index in [0.29, 0.717) is 36.6 Å². The molecule has 5 rings (SSSR count). The molecule has 0 aromatic heterocycles. The zero-order chi connectivity index (χ0) is 25.9. The van der Waals surface area contributed by atoms with Crippen LogP contribution in [0.5, 0.6) is 0 Å². The van der Waals surface area contributed by atoms with E-state index in [9.17, 15) is 23.8 Å². The summed E-state index contributed by atoms with van der Waals surface area (Å²) < 4.78 is 29.4. The van der Waals surface area contributed by atoms with Gasteiger partial charge in [-0.05, 0) is 111 Å². The Balaban J connectivity index is 1.21. The zero-order valence-corrected chi connectivity index (χ0v) is 22.7. The van der Waals surface area contributed by atoms with Gasteiger partial charge in [0.1, 0.15) is 6.10 Å². The van der Waals surface area contributed by atoms with Crippen molar-refractivity contribution in [2.24, 2.45) is 46.3 Å². The molecule has 5 fully saturated rings. The van der Waals surface area contributed by atoms with Crippen LogP contribution >= 0.6 is 0 Å². The van der Waals surface area contributed by atoms with Gasteiger partial charge in [0, 0.05) is 18.9 Å². The molecule has 0 aromatic rings. The van der Waals surface area contributed by atoms with Crippen molar-refractivity contribution in [1.82, 2.24) is 5.32 Å². The van der Waals surface area contributed by atoms with Crippen molar-refractivity contribution >= 4 is 5.91 Å². The lowest BCUT2D eigenvalue weighted by Crippen LogP contribution is -2.61. The van der Waals surface area contributed by atoms with Crippen LogP contribution in [0.4, 0.5) is 8.78 Å². The van der Waals surface area contributed by atoms with Gasteiger partial charge in [0.25, 0.3) is 5.92 Å². The van der Waals surface area contributed by atoms with Gasteiger partial charge in [-0.1, -0.05) is 33.6 Å². The molecular weight excluding hydrogens is 460 g/mol. The summed E-state index contributed by atoms with van der Waals surface area (Å²) in [5, 5.41) is 24.7. The molecule has 0 bridgehead atoms. The summed E-state index contributed by atoms with van der Waals surface area (Å²) in [4.78, 5) is 12.6. The summed E-state index contributed by atoms with van der Waals surface area (Å²) in [6, 6.07) is 0.334. The van der Waals surface area contributed by atoms with Crippen molar-refractivity contribution in [2.45, 2.75) is 135 Å². The third-order valence-electron chi connectivity index (χ3n) is 12.3. The number of fused-ring (bicyclic) bond motifs is 5. The topological polar surface area (TPSA) is 69.6 Å². The SMILES string of the molecule is CC1CCCCC1NC(=O)CCCC1CCC2C3C(O)CC4CC(O)C(F)(F)CC4(C)C3CCC12C. The molecule has 0 saturated heterocycles. The first-order valence-corrected chi connectivity index (χ1v) is 15.0. The number of carbonyl (C=O) groups excluding carboxylic acids is 1. The maximum atomic E-state index is 14.7. The number of nitrogens with one attached hydrogen (secondary N) is 1. The summed E-state index contributed by atoms with van der Waals surface area (Å²) >= 11 is 0. The van der Waals surface area contributed by atoms with E-state index in [0.717, 1.165) is 44.9 Å². The molecule has 4 nitrogen and oxygen atoms in total. The normalized spacial score (nSPS) is 50.0. The van der Waals surface area contributed by atoms with E-state index in [1.54, 1.807) is 0 Å². The lowest BCUT2D eigenvalue weighted by atomic mass is 9.43. The predicted molar refractivity (Wildman–Crippen MR) is 136 cm³/mol. The van der Waals surface area contributed by atoms with Crippen molar-refractivity contribution in [3.05, 3.63) is 0 Å². The van der Waals surface area contributed by atoms with E-state index in [2.05, 4.69) is 19.2 Å². The number of amides is 1. The Bertz CT molecular complexity index is 822. The molecule has 6 heteroatoms. The molecule has 0 aliphatic heterocycles. The fourth-order valence-corrected chi connectivity index (χ4v) is 10.1. The van der Waals surface area contributed by atoms with Crippen LogP contribution in [0.25, 0.3) is 0 Å². The molecule has 1 amide bonds. The maximum Gasteiger partial charge on any atom is 0.274 e. The highest BCUT2D eigenvalue weighted by Gasteiger charge is 2.65. The summed E-state index contributed by atoms with van der Waals surface area (Å²) in [6.07, 6.45) is 9.79. The van der Waals surface area contributed by atoms with Gasteiger partial charge in [-0.15, -0.1) is 0 Å². The lowest BCUT2D eigenvalue weighted by molar-refractivity contribution is -0.235. The molecule has 5 aliphatic carbocycles. The minimum Gasteiger partial charge on any atom is -0.393 e. The molecule has 0 heterocycles. The van der Waals surface area contributed by atoms with Crippen LogP contribution in [-0.4, -0.2) is 40.3 Å². The Morgan fingerprint density at radius 2 is 1.69 bits per heavy atom. The van der Waals surface area contributed by atoms with E-state index in [4.69, 9.17) is 0 Å². The summed E-state index contributed by atoms with van der Waals surface area (Å²) in [7, 11) is 0. The second kappa shape index (κ2) is 9.77. The van der Waals surface area contributed by atoms with Gasteiger partial charge in [0.15, 0.2) is 0 Å². The van der Waals surface area contributed by atoms with E-state index in [1.165, 1.54) is 19.3 Å². The average molecular weight is 510 g/mol. The number of hydrogen-bond acceptors (Lipinski definition) is 3. The quantitative estimate of drug-likeness (QED) is 0.420. The van der Waals surface area contributed by atoms with Crippen LogP contribution in [0.2, 0.25) is 0 Å². The van der Waals surface area contributed by atoms with Crippen molar-refractivity contribution in [2.75, 3.05) is 0 Å². The first-order valence-electron chi connectivity index (χ1n) is 15.0. The zero-order valence-electron chi connectivity index (χ0n) is 22.7. The smallest absolute Gasteiger partial charge is 0.274 e. The third kappa shape index (κ3) is 4.54. The van der Waals surface area contributed by atoms with Crippen LogP contribution in [-0.2, 0) is 4.79 Å². The Hall–Kier alpha value is -0.750. The number of carbonyl (C=O) groups is 1. The monoisotopic (exact) mass is 509 g/mol. The molecule has 206 valence electrons. The number of alkyl halides is 2. The minimum absolute atomic E-state index is 0.0321. The molecule has 11 atom stereocenters. The Labute approximate surface area is 216 Å². The Morgan fingerprint density at radius 3 is 2.44 bits per heavy atom. The molecule has 5 aliphatic rings. The van der Waals surface area contributed by atoms with Crippen molar-refractivity contribution < 1.29 is 23.8 Å². The van der Waals surface area contributed by atoms with Crippen LogP contribution in [0.3, 0.4) is 0 Å². The molecule has 36 heavy (non-hydrogen) atoms. The Kier molecular flexibility index (Phi) is 7.29. The Morgan fingerprint density at radius 1 is 0.972 bits per heavy atom. The molecule has 0 spiro atoms. The fourth-order valence-electron chi connectivity index (χ4n) is 10.1. The van der Waals surface area contributed by atoms with E-state index < -0.39 is 23.5 Å². The second-order valence-electron chi connectivity index (χ2n) is 14.1. The third-order valence-corrected chi connectivity index (χ3v) is 12.3. The largest absolute Gasteiger partial charge is 0.393 e. The highest BCUT2D eigenvalue weighted by Crippen LogP contribution is 2.68. The first-order chi connectivity index (χ1) is 17.0. The lowest BCUT2D eigenvalue weighted by Gasteiger charge is -2.63. The number of rotatable bonds is 5. The van der Waals surface area contributed by atoms with Crippen LogP contribution in [0.15, 0.2) is 0 Å². The van der Waals surface area contributed by atoms with Gasteiger partial charge in [0.05, 0.1) is 6.10 Å². The van der Waals surface area contributed by atoms with Crippen LogP contribution in [0.1, 0.15) is 111 Å². The fraction of sp³-hybridized carbons (Fsp3) is 0.967. The van der Waals surface area contributed by atoms with Crippen LogP contribution in [0, 0.1) is 46.3 Å². The van der Waals surface area contributed by atoms with Crippen molar-refractivity contribution in [3.63, 3.8) is 0 Å². The second-order valence-corrected chi connectivity index (χ2v) is 14.1. The molecule has 0 aromatic carbocycles. The highest BCUT2D eigenvalue weighted by molar-refractivity contribution is 5.76. The van der Waals surface area contributed by atoms with Gasteiger partial charge in [-0.25, -0.2) is 8.78 Å². The molecule has 3 N–H and O–H groups in total. The first kappa shape index (κ1) is 26.8. The summed E-state index contributed by atoms with van der Waals surface area (Å²) in [5.74, 6) is -1.21. The van der Waals surface area contributed by atoms with E-state index >= 15 is 0 Å². The molecule has 11 unspecified atom stereocenters. The predicted octanol–water partition coefficient (Wildman–Crippen LogP) is 6.09. The summed E-state index contributed by atoms with van der Waals surface area (Å²) in [5.41, 5.74) is -0.392.